The van der Waals surface area contributed by atoms with E-state index in [4.69, 9.17) is 16.7 Å². The minimum atomic E-state index is -0.415. The van der Waals surface area contributed by atoms with Crippen molar-refractivity contribution < 1.29 is 10.0 Å². The van der Waals surface area contributed by atoms with Gasteiger partial charge in [0.15, 0.2) is 5.15 Å². The van der Waals surface area contributed by atoms with Gasteiger partial charge in [-0.25, -0.2) is 4.98 Å². The Hall–Kier alpha value is -2.34. The van der Waals surface area contributed by atoms with Crippen LogP contribution in [0.2, 0.25) is 5.15 Å². The van der Waals surface area contributed by atoms with Crippen molar-refractivity contribution in [2.24, 2.45) is 0 Å². The van der Waals surface area contributed by atoms with Gasteiger partial charge >= 0.3 is 0 Å². The Labute approximate surface area is 145 Å². The van der Waals surface area contributed by atoms with E-state index in [0.717, 1.165) is 42.6 Å². The summed E-state index contributed by atoms with van der Waals surface area (Å²) in [4.78, 5) is 14.8. The topological polar surface area (TPSA) is 81.2 Å². The number of aryl methyl sites for hydroxylation is 1. The molecular weight excluding hydrogens is 330 g/mol. The maximum Gasteiger partial charge on any atom is 0.269 e. The number of benzene rings is 1. The lowest BCUT2D eigenvalue weighted by Crippen LogP contribution is -2.09. The highest BCUT2D eigenvalue weighted by Gasteiger charge is 2.15. The van der Waals surface area contributed by atoms with Gasteiger partial charge in [-0.05, 0) is 18.1 Å². The number of hydrogen-bond acceptors (Lipinski definition) is 4. The zero-order chi connectivity index (χ0) is 17.5. The van der Waals surface area contributed by atoms with E-state index < -0.39 is 4.92 Å². The number of nitro groups is 1. The molecule has 0 amide bonds. The summed E-state index contributed by atoms with van der Waals surface area (Å²) in [6, 6.07) is 6.46. The summed E-state index contributed by atoms with van der Waals surface area (Å²) < 4.78 is 2.03. The molecular formula is C17H20ClN3O3. The lowest BCUT2D eigenvalue weighted by Gasteiger charge is -2.11. The van der Waals surface area contributed by atoms with E-state index in [-0.39, 0.29) is 5.69 Å². The fourth-order valence-electron chi connectivity index (χ4n) is 2.48. The number of aliphatic hydroxyl groups excluding tert-OH is 1. The van der Waals surface area contributed by atoms with Crippen molar-refractivity contribution in [2.45, 2.75) is 39.2 Å². The molecule has 6 nitrogen and oxygen atoms in total. The quantitative estimate of drug-likeness (QED) is 0.433. The second kappa shape index (κ2) is 8.49. The number of rotatable bonds is 8. The molecule has 0 radical (unpaired) electrons. The van der Waals surface area contributed by atoms with Gasteiger partial charge in [0.1, 0.15) is 5.82 Å². The van der Waals surface area contributed by atoms with E-state index in [0.29, 0.717) is 18.1 Å². The average molecular weight is 350 g/mol. The third kappa shape index (κ3) is 4.35. The lowest BCUT2D eigenvalue weighted by atomic mass is 10.2. The molecule has 24 heavy (non-hydrogen) atoms. The zero-order valence-corrected chi connectivity index (χ0v) is 14.2. The third-order valence-electron chi connectivity index (χ3n) is 3.76. The Morgan fingerprint density at radius 2 is 2.08 bits per heavy atom. The molecule has 128 valence electrons. The normalized spacial score (nSPS) is 11.2. The van der Waals surface area contributed by atoms with Crippen LogP contribution in [0.5, 0.6) is 0 Å². The van der Waals surface area contributed by atoms with Crippen LogP contribution in [-0.2, 0) is 19.4 Å². The summed E-state index contributed by atoms with van der Waals surface area (Å²) in [6.07, 6.45) is 5.94. The van der Waals surface area contributed by atoms with Crippen LogP contribution < -0.4 is 0 Å². The van der Waals surface area contributed by atoms with E-state index in [1.165, 1.54) is 12.1 Å². The van der Waals surface area contributed by atoms with Crippen molar-refractivity contribution >= 4 is 17.3 Å². The first-order valence-electron chi connectivity index (χ1n) is 7.83. The van der Waals surface area contributed by atoms with Crippen LogP contribution in [0.4, 0.5) is 5.69 Å². The molecule has 0 bridgehead atoms. The first-order valence-corrected chi connectivity index (χ1v) is 8.21. The highest BCUT2D eigenvalue weighted by atomic mass is 35.5. The molecule has 0 saturated carbocycles. The van der Waals surface area contributed by atoms with Gasteiger partial charge in [0, 0.05) is 31.5 Å². The van der Waals surface area contributed by atoms with E-state index in [1.54, 1.807) is 18.2 Å². The van der Waals surface area contributed by atoms with Crippen molar-refractivity contribution in [1.82, 2.24) is 9.55 Å². The van der Waals surface area contributed by atoms with Crippen molar-refractivity contribution in [3.8, 4) is 0 Å². The van der Waals surface area contributed by atoms with Crippen LogP contribution >= 0.6 is 11.6 Å². The molecule has 1 aromatic carbocycles. The first-order chi connectivity index (χ1) is 11.6. The van der Waals surface area contributed by atoms with Crippen LogP contribution in [0.25, 0.3) is 0 Å². The number of aliphatic hydroxyl groups is 1. The van der Waals surface area contributed by atoms with Gasteiger partial charge in [0.2, 0.25) is 0 Å². The lowest BCUT2D eigenvalue weighted by molar-refractivity contribution is -0.384. The summed E-state index contributed by atoms with van der Waals surface area (Å²) in [5, 5.41) is 20.1. The van der Waals surface area contributed by atoms with E-state index >= 15 is 0 Å². The smallest absolute Gasteiger partial charge is 0.269 e. The minimum absolute atomic E-state index is 0.0667. The molecule has 0 aliphatic carbocycles. The van der Waals surface area contributed by atoms with E-state index in [2.05, 4.69) is 11.9 Å². The fraction of sp³-hybridized carbons (Fsp3) is 0.353. The highest BCUT2D eigenvalue weighted by Crippen LogP contribution is 2.22. The van der Waals surface area contributed by atoms with Gasteiger partial charge in [-0.15, -0.1) is 0 Å². The molecule has 0 atom stereocenters. The zero-order valence-electron chi connectivity index (χ0n) is 13.5. The summed E-state index contributed by atoms with van der Waals surface area (Å²) in [7, 11) is 0. The maximum absolute atomic E-state index is 10.8. The Bertz CT molecular complexity index is 723. The molecule has 2 rings (SSSR count). The predicted molar refractivity (Wildman–Crippen MR) is 93.5 cm³/mol. The number of unbranched alkanes of at least 4 members (excludes halogenated alkanes) is 1. The number of nitrogens with zero attached hydrogens (tertiary/aromatic N) is 3. The van der Waals surface area contributed by atoms with E-state index in [1.807, 2.05) is 4.57 Å². The van der Waals surface area contributed by atoms with Gasteiger partial charge < -0.3 is 9.67 Å². The number of halogens is 1. The molecule has 1 aromatic heterocycles. The van der Waals surface area contributed by atoms with Gasteiger partial charge in [0.25, 0.3) is 5.69 Å². The van der Waals surface area contributed by atoms with Crippen LogP contribution in [0, 0.1) is 10.1 Å². The molecule has 0 aliphatic heterocycles. The Balaban J connectivity index is 2.32. The predicted octanol–water partition coefficient (Wildman–Crippen LogP) is 4.45. The van der Waals surface area contributed by atoms with Crippen molar-refractivity contribution in [2.75, 3.05) is 0 Å². The maximum atomic E-state index is 10.8. The molecule has 2 aromatic rings. The Kier molecular flexibility index (Phi) is 6.37. The standard InChI is InChI=1S/C17H20ClN3O3/c1-2-3-6-16-19-17(18)15(5-4-11-22)20(16)12-13-7-9-14(10-8-13)21(23)24/h4,7-11,22H,2-3,5-6,12H2,1H3. The van der Waals surface area contributed by atoms with Gasteiger partial charge in [0.05, 0.1) is 16.9 Å². The monoisotopic (exact) mass is 349 g/mol. The van der Waals surface area contributed by atoms with Crippen LogP contribution in [0.15, 0.2) is 36.6 Å². The third-order valence-corrected chi connectivity index (χ3v) is 4.06. The average Bonchev–Trinajstić information content (AvgIpc) is 2.86. The summed E-state index contributed by atoms with van der Waals surface area (Å²) in [5.41, 5.74) is 1.82. The highest BCUT2D eigenvalue weighted by molar-refractivity contribution is 6.30. The number of non-ortho nitro benzene ring substituents is 1. The molecule has 0 aliphatic rings. The SMILES string of the molecule is CCCCc1nc(Cl)c(CC=CO)n1Cc1ccc([N+](=O)[O-])cc1. The van der Waals surface area contributed by atoms with Crippen LogP contribution in [0.1, 0.15) is 36.8 Å². The molecule has 1 heterocycles. The largest absolute Gasteiger partial charge is 0.516 e. The molecule has 1 N–H and O–H groups in total. The van der Waals surface area contributed by atoms with Gasteiger partial charge in [-0.1, -0.05) is 37.1 Å². The second-order valence-corrected chi connectivity index (χ2v) is 5.83. The fourth-order valence-corrected chi connectivity index (χ4v) is 2.76. The molecule has 7 heteroatoms. The molecule has 0 spiro atoms. The summed E-state index contributed by atoms with van der Waals surface area (Å²) in [6.45, 7) is 2.64. The van der Waals surface area contributed by atoms with Gasteiger partial charge in [-0.3, -0.25) is 10.1 Å². The van der Waals surface area contributed by atoms with Crippen molar-refractivity contribution in [3.63, 3.8) is 0 Å². The number of aromatic nitrogens is 2. The van der Waals surface area contributed by atoms with Crippen LogP contribution in [0.3, 0.4) is 0 Å². The minimum Gasteiger partial charge on any atom is -0.516 e. The summed E-state index contributed by atoms with van der Waals surface area (Å²) in [5.74, 6) is 0.890. The second-order valence-electron chi connectivity index (χ2n) is 5.47. The number of allylic oxidation sites excluding steroid dienone is 1. The van der Waals surface area contributed by atoms with Crippen molar-refractivity contribution in [3.05, 3.63) is 69.0 Å². The molecule has 0 fully saturated rings. The number of nitro benzene ring substituents is 1. The molecule has 0 unspecified atom stereocenters. The Morgan fingerprint density at radius 1 is 1.38 bits per heavy atom. The van der Waals surface area contributed by atoms with Crippen molar-refractivity contribution in [1.29, 1.82) is 0 Å². The van der Waals surface area contributed by atoms with Gasteiger partial charge in [-0.2, -0.15) is 0 Å². The first kappa shape index (κ1) is 18.0. The number of imidazole rings is 1. The number of hydrogen-bond donors (Lipinski definition) is 1. The summed E-state index contributed by atoms with van der Waals surface area (Å²) >= 11 is 6.26. The van der Waals surface area contributed by atoms with Crippen LogP contribution in [-0.4, -0.2) is 19.6 Å². The molecule has 0 saturated heterocycles. The van der Waals surface area contributed by atoms with E-state index in [9.17, 15) is 10.1 Å². The Morgan fingerprint density at radius 3 is 2.67 bits per heavy atom.